The molecule has 21 heavy (non-hydrogen) atoms. The fourth-order valence-electron chi connectivity index (χ4n) is 2.84. The van der Waals surface area contributed by atoms with Crippen LogP contribution in [0, 0.1) is 6.92 Å². The minimum absolute atomic E-state index is 0.0727. The molecule has 2 saturated heterocycles. The summed E-state index contributed by atoms with van der Waals surface area (Å²) in [5, 5.41) is 1.90. The van der Waals surface area contributed by atoms with Gasteiger partial charge in [-0.1, -0.05) is 0 Å². The zero-order valence-electron chi connectivity index (χ0n) is 12.2. The Morgan fingerprint density at radius 3 is 2.52 bits per heavy atom. The molecule has 0 radical (unpaired) electrons. The van der Waals surface area contributed by atoms with Crippen LogP contribution in [0.15, 0.2) is 11.4 Å². The van der Waals surface area contributed by atoms with E-state index in [-0.39, 0.29) is 17.9 Å². The quantitative estimate of drug-likeness (QED) is 0.832. The largest absolute Gasteiger partial charge is 0.368 e. The summed E-state index contributed by atoms with van der Waals surface area (Å²) in [6.07, 6.45) is 1.53. The average molecular weight is 308 g/mol. The summed E-state index contributed by atoms with van der Waals surface area (Å²) in [7, 11) is 0. The van der Waals surface area contributed by atoms with Crippen LogP contribution in [0.5, 0.6) is 0 Å². The molecular formula is C15H20N2O3S. The number of rotatable bonds is 2. The van der Waals surface area contributed by atoms with E-state index in [4.69, 9.17) is 4.74 Å². The number of carbonyl (C=O) groups is 2. The summed E-state index contributed by atoms with van der Waals surface area (Å²) in [6, 6.07) is 1.93. The topological polar surface area (TPSA) is 49.9 Å². The van der Waals surface area contributed by atoms with Gasteiger partial charge in [0.1, 0.15) is 6.10 Å². The van der Waals surface area contributed by atoms with Crippen molar-refractivity contribution in [3.05, 3.63) is 21.9 Å². The minimum atomic E-state index is -0.258. The molecule has 1 aromatic rings. The Balaban J connectivity index is 1.55. The maximum Gasteiger partial charge on any atom is 0.254 e. The van der Waals surface area contributed by atoms with Crippen LogP contribution in [-0.2, 0) is 9.53 Å². The van der Waals surface area contributed by atoms with Crippen molar-refractivity contribution in [1.82, 2.24) is 9.80 Å². The van der Waals surface area contributed by atoms with Crippen LogP contribution in [0.4, 0.5) is 0 Å². The van der Waals surface area contributed by atoms with Crippen LogP contribution < -0.4 is 0 Å². The van der Waals surface area contributed by atoms with Crippen molar-refractivity contribution in [3.63, 3.8) is 0 Å². The Bertz CT molecular complexity index is 529. The van der Waals surface area contributed by atoms with Crippen LogP contribution in [0.2, 0.25) is 0 Å². The van der Waals surface area contributed by atoms with Gasteiger partial charge in [-0.25, -0.2) is 0 Å². The highest BCUT2D eigenvalue weighted by molar-refractivity contribution is 7.10. The average Bonchev–Trinajstić information content (AvgIpc) is 3.17. The minimum Gasteiger partial charge on any atom is -0.368 e. The lowest BCUT2D eigenvalue weighted by Gasteiger charge is -2.35. The summed E-state index contributed by atoms with van der Waals surface area (Å²) < 4.78 is 5.44. The molecule has 3 heterocycles. The molecule has 0 unspecified atom stereocenters. The third-order valence-electron chi connectivity index (χ3n) is 4.06. The smallest absolute Gasteiger partial charge is 0.254 e. The highest BCUT2D eigenvalue weighted by Crippen LogP contribution is 2.18. The van der Waals surface area contributed by atoms with Crippen LogP contribution >= 0.6 is 11.3 Å². The van der Waals surface area contributed by atoms with Crippen molar-refractivity contribution in [1.29, 1.82) is 0 Å². The van der Waals surface area contributed by atoms with Crippen LogP contribution in [-0.4, -0.2) is 60.5 Å². The number of amides is 2. The van der Waals surface area contributed by atoms with E-state index in [0.717, 1.165) is 23.3 Å². The SMILES string of the molecule is Cc1cc(C(=O)N2CCN(C(=O)[C@H]3CCCO3)CC2)cs1. The van der Waals surface area contributed by atoms with Crippen LogP contribution in [0.1, 0.15) is 28.1 Å². The van der Waals surface area contributed by atoms with E-state index in [2.05, 4.69) is 0 Å². The van der Waals surface area contributed by atoms with Crippen molar-refractivity contribution in [2.24, 2.45) is 0 Å². The maximum absolute atomic E-state index is 12.4. The summed E-state index contributed by atoms with van der Waals surface area (Å²) in [4.78, 5) is 29.4. The van der Waals surface area contributed by atoms with Gasteiger partial charge >= 0.3 is 0 Å². The van der Waals surface area contributed by atoms with Gasteiger partial charge in [0, 0.05) is 43.0 Å². The summed E-state index contributed by atoms with van der Waals surface area (Å²) >= 11 is 1.59. The molecule has 1 aromatic heterocycles. The molecular weight excluding hydrogens is 288 g/mol. The second kappa shape index (κ2) is 6.15. The molecule has 6 heteroatoms. The monoisotopic (exact) mass is 308 g/mol. The molecule has 0 N–H and O–H groups in total. The number of nitrogens with zero attached hydrogens (tertiary/aromatic N) is 2. The molecule has 2 aliphatic rings. The lowest BCUT2D eigenvalue weighted by atomic mass is 10.2. The maximum atomic E-state index is 12.4. The fraction of sp³-hybridized carbons (Fsp3) is 0.600. The van der Waals surface area contributed by atoms with E-state index in [1.54, 1.807) is 11.3 Å². The van der Waals surface area contributed by atoms with Gasteiger partial charge in [0.2, 0.25) is 0 Å². The van der Waals surface area contributed by atoms with Crippen molar-refractivity contribution in [2.45, 2.75) is 25.9 Å². The summed E-state index contributed by atoms with van der Waals surface area (Å²) in [5.41, 5.74) is 0.761. The Morgan fingerprint density at radius 2 is 1.95 bits per heavy atom. The van der Waals surface area contributed by atoms with Crippen LogP contribution in [0.25, 0.3) is 0 Å². The van der Waals surface area contributed by atoms with E-state index in [9.17, 15) is 9.59 Å². The van der Waals surface area contributed by atoms with Crippen molar-refractivity contribution in [3.8, 4) is 0 Å². The number of ether oxygens (including phenoxy) is 1. The van der Waals surface area contributed by atoms with Gasteiger partial charge in [-0.15, -0.1) is 11.3 Å². The van der Waals surface area contributed by atoms with E-state index in [0.29, 0.717) is 32.8 Å². The molecule has 1 atom stereocenters. The molecule has 0 bridgehead atoms. The number of piperazine rings is 1. The number of aryl methyl sites for hydroxylation is 1. The highest BCUT2D eigenvalue weighted by atomic mass is 32.1. The molecule has 2 aliphatic heterocycles. The first kappa shape index (κ1) is 14.5. The molecule has 5 nitrogen and oxygen atoms in total. The van der Waals surface area contributed by atoms with Crippen molar-refractivity contribution in [2.75, 3.05) is 32.8 Å². The standard InChI is InChI=1S/C15H20N2O3S/c1-11-9-12(10-21-11)14(18)16-4-6-17(7-5-16)15(19)13-3-2-8-20-13/h9-10,13H,2-8H2,1H3/t13-/m1/s1. The zero-order valence-corrected chi connectivity index (χ0v) is 13.0. The first-order valence-electron chi connectivity index (χ1n) is 7.40. The summed E-state index contributed by atoms with van der Waals surface area (Å²) in [5.74, 6) is 0.162. The highest BCUT2D eigenvalue weighted by Gasteiger charge is 2.31. The molecule has 0 saturated carbocycles. The van der Waals surface area contributed by atoms with Gasteiger partial charge in [-0.3, -0.25) is 9.59 Å². The first-order valence-corrected chi connectivity index (χ1v) is 8.28. The third kappa shape index (κ3) is 3.11. The second-order valence-corrected chi connectivity index (χ2v) is 6.68. The van der Waals surface area contributed by atoms with Gasteiger partial charge in [-0.05, 0) is 25.8 Å². The van der Waals surface area contributed by atoms with E-state index < -0.39 is 0 Å². The number of thiophene rings is 1. The van der Waals surface area contributed by atoms with Crippen molar-refractivity contribution < 1.29 is 14.3 Å². The molecule has 2 fully saturated rings. The molecule has 2 amide bonds. The normalized spacial score (nSPS) is 22.6. The van der Waals surface area contributed by atoms with E-state index in [1.165, 1.54) is 0 Å². The predicted molar refractivity (Wildman–Crippen MR) is 80.5 cm³/mol. The molecule has 3 rings (SSSR count). The first-order chi connectivity index (χ1) is 10.1. The van der Waals surface area contributed by atoms with Gasteiger partial charge in [-0.2, -0.15) is 0 Å². The van der Waals surface area contributed by atoms with Crippen molar-refractivity contribution >= 4 is 23.2 Å². The van der Waals surface area contributed by atoms with E-state index >= 15 is 0 Å². The lowest BCUT2D eigenvalue weighted by Crippen LogP contribution is -2.52. The van der Waals surface area contributed by atoms with Gasteiger partial charge in [0.05, 0.1) is 5.56 Å². The Hall–Kier alpha value is -1.40. The van der Waals surface area contributed by atoms with Crippen LogP contribution in [0.3, 0.4) is 0 Å². The van der Waals surface area contributed by atoms with E-state index in [1.807, 2.05) is 28.2 Å². The van der Waals surface area contributed by atoms with Gasteiger partial charge < -0.3 is 14.5 Å². The van der Waals surface area contributed by atoms with Gasteiger partial charge in [0.25, 0.3) is 11.8 Å². The predicted octanol–water partition coefficient (Wildman–Crippen LogP) is 1.52. The Kier molecular flexibility index (Phi) is 4.26. The molecule has 114 valence electrons. The zero-order chi connectivity index (χ0) is 14.8. The summed E-state index contributed by atoms with van der Waals surface area (Å²) in [6.45, 7) is 5.10. The fourth-order valence-corrected chi connectivity index (χ4v) is 3.52. The molecule has 0 aliphatic carbocycles. The Morgan fingerprint density at radius 1 is 1.24 bits per heavy atom. The third-order valence-corrected chi connectivity index (χ3v) is 4.92. The molecule has 0 aromatic carbocycles. The second-order valence-electron chi connectivity index (χ2n) is 5.57. The number of carbonyl (C=O) groups excluding carboxylic acids is 2. The van der Waals surface area contributed by atoms with Gasteiger partial charge in [0.15, 0.2) is 0 Å². The lowest BCUT2D eigenvalue weighted by molar-refractivity contribution is -0.142. The number of hydrogen-bond acceptors (Lipinski definition) is 4. The number of hydrogen-bond donors (Lipinski definition) is 0. The Labute approximate surface area is 128 Å². The molecule has 0 spiro atoms.